The van der Waals surface area contributed by atoms with Crippen molar-refractivity contribution in [2.75, 3.05) is 6.61 Å². The van der Waals surface area contributed by atoms with Crippen molar-refractivity contribution in [3.05, 3.63) is 35.4 Å². The van der Waals surface area contributed by atoms with Crippen molar-refractivity contribution < 1.29 is 9.53 Å². The van der Waals surface area contributed by atoms with E-state index in [1.807, 2.05) is 19.1 Å². The van der Waals surface area contributed by atoms with Crippen molar-refractivity contribution in [3.8, 4) is 0 Å². The molecule has 0 aromatic heterocycles. The summed E-state index contributed by atoms with van der Waals surface area (Å²) in [5, 5.41) is 0. The van der Waals surface area contributed by atoms with Gasteiger partial charge in [-0.1, -0.05) is 19.1 Å². The molecule has 0 unspecified atom stereocenters. The highest BCUT2D eigenvalue weighted by Gasteiger charge is 2.05. The normalized spacial score (nSPS) is 9.86. The predicted molar refractivity (Wildman–Crippen MR) is 54.9 cm³/mol. The van der Waals surface area contributed by atoms with Gasteiger partial charge in [-0.15, -0.1) is 0 Å². The van der Waals surface area contributed by atoms with Crippen LogP contribution in [-0.2, 0) is 11.3 Å². The molecule has 2 N–H and O–H groups in total. The number of carbonyl (C=O) groups excluding carboxylic acids is 1. The molecule has 0 aliphatic rings. The number of hydrogen-bond donors (Lipinski definition) is 1. The second kappa shape index (κ2) is 5.40. The third-order valence-corrected chi connectivity index (χ3v) is 1.86. The van der Waals surface area contributed by atoms with Crippen LogP contribution in [0.5, 0.6) is 0 Å². The van der Waals surface area contributed by atoms with Crippen LogP contribution in [-0.4, -0.2) is 12.6 Å². The fraction of sp³-hybridized carbons (Fsp3) is 0.364. The van der Waals surface area contributed by atoms with E-state index in [2.05, 4.69) is 0 Å². The van der Waals surface area contributed by atoms with Crippen molar-refractivity contribution >= 4 is 5.97 Å². The lowest BCUT2D eigenvalue weighted by atomic mass is 10.1. The summed E-state index contributed by atoms with van der Waals surface area (Å²) >= 11 is 0. The first-order valence-electron chi connectivity index (χ1n) is 4.74. The molecule has 76 valence electrons. The van der Waals surface area contributed by atoms with Crippen molar-refractivity contribution in [3.63, 3.8) is 0 Å². The summed E-state index contributed by atoms with van der Waals surface area (Å²) in [6.45, 7) is 2.92. The Bertz CT molecular complexity index is 293. The van der Waals surface area contributed by atoms with E-state index in [1.165, 1.54) is 0 Å². The van der Waals surface area contributed by atoms with Crippen LogP contribution < -0.4 is 5.73 Å². The number of hydrogen-bond acceptors (Lipinski definition) is 3. The van der Waals surface area contributed by atoms with Gasteiger partial charge in [0.25, 0.3) is 0 Å². The average molecular weight is 193 g/mol. The van der Waals surface area contributed by atoms with E-state index >= 15 is 0 Å². The van der Waals surface area contributed by atoms with Gasteiger partial charge in [0.05, 0.1) is 12.2 Å². The molecule has 0 amide bonds. The van der Waals surface area contributed by atoms with Crippen LogP contribution in [0.3, 0.4) is 0 Å². The summed E-state index contributed by atoms with van der Waals surface area (Å²) in [4.78, 5) is 11.3. The van der Waals surface area contributed by atoms with E-state index in [9.17, 15) is 4.79 Å². The fourth-order valence-electron chi connectivity index (χ4n) is 1.06. The highest BCUT2D eigenvalue weighted by atomic mass is 16.5. The van der Waals surface area contributed by atoms with Crippen molar-refractivity contribution in [2.24, 2.45) is 5.73 Å². The molecule has 0 saturated carbocycles. The minimum absolute atomic E-state index is 0.268. The van der Waals surface area contributed by atoms with E-state index in [-0.39, 0.29) is 5.97 Å². The quantitative estimate of drug-likeness (QED) is 0.740. The monoisotopic (exact) mass is 193 g/mol. The van der Waals surface area contributed by atoms with E-state index in [0.29, 0.717) is 18.7 Å². The number of ether oxygens (including phenoxy) is 1. The second-order valence-corrected chi connectivity index (χ2v) is 3.04. The molecular formula is C11H15NO2. The number of esters is 1. The van der Waals surface area contributed by atoms with E-state index < -0.39 is 0 Å². The zero-order valence-corrected chi connectivity index (χ0v) is 8.32. The molecule has 0 saturated heterocycles. The summed E-state index contributed by atoms with van der Waals surface area (Å²) in [5.74, 6) is -0.268. The first kappa shape index (κ1) is 10.7. The predicted octanol–water partition coefficient (Wildman–Crippen LogP) is 1.71. The number of rotatable bonds is 4. The van der Waals surface area contributed by atoms with Gasteiger partial charge < -0.3 is 10.5 Å². The lowest BCUT2D eigenvalue weighted by Crippen LogP contribution is -2.06. The summed E-state index contributed by atoms with van der Waals surface area (Å²) in [6, 6.07) is 7.14. The van der Waals surface area contributed by atoms with Crippen LogP contribution in [0.15, 0.2) is 24.3 Å². The summed E-state index contributed by atoms with van der Waals surface area (Å²) in [5.41, 5.74) is 7.03. The molecule has 14 heavy (non-hydrogen) atoms. The van der Waals surface area contributed by atoms with Gasteiger partial charge in [0.15, 0.2) is 0 Å². The van der Waals surface area contributed by atoms with E-state index in [0.717, 1.165) is 12.0 Å². The van der Waals surface area contributed by atoms with E-state index in [4.69, 9.17) is 10.5 Å². The van der Waals surface area contributed by atoms with Gasteiger partial charge in [0.2, 0.25) is 0 Å². The Kier molecular flexibility index (Phi) is 4.13. The highest BCUT2D eigenvalue weighted by molar-refractivity contribution is 5.89. The summed E-state index contributed by atoms with van der Waals surface area (Å²) in [6.07, 6.45) is 0.840. The molecule has 0 atom stereocenters. The molecule has 3 heteroatoms. The van der Waals surface area contributed by atoms with Crippen LogP contribution >= 0.6 is 0 Å². The fourth-order valence-corrected chi connectivity index (χ4v) is 1.06. The van der Waals surface area contributed by atoms with Gasteiger partial charge >= 0.3 is 5.97 Å². The molecule has 0 aliphatic heterocycles. The smallest absolute Gasteiger partial charge is 0.338 e. The molecule has 0 heterocycles. The van der Waals surface area contributed by atoms with Crippen LogP contribution in [0.25, 0.3) is 0 Å². The average Bonchev–Trinajstić information content (AvgIpc) is 2.26. The van der Waals surface area contributed by atoms with Crippen molar-refractivity contribution in [1.82, 2.24) is 0 Å². The molecule has 0 bridgehead atoms. The molecular weight excluding hydrogens is 178 g/mol. The summed E-state index contributed by atoms with van der Waals surface area (Å²) in [7, 11) is 0. The number of carbonyl (C=O) groups is 1. The van der Waals surface area contributed by atoms with E-state index in [1.54, 1.807) is 12.1 Å². The maximum atomic E-state index is 11.3. The molecule has 0 radical (unpaired) electrons. The molecule has 1 aromatic carbocycles. The first-order valence-corrected chi connectivity index (χ1v) is 4.74. The Morgan fingerprint density at radius 1 is 1.36 bits per heavy atom. The Hall–Kier alpha value is -1.35. The van der Waals surface area contributed by atoms with Gasteiger partial charge in [-0.05, 0) is 24.1 Å². The number of benzene rings is 1. The third kappa shape index (κ3) is 2.85. The van der Waals surface area contributed by atoms with Crippen LogP contribution in [0, 0.1) is 0 Å². The Labute approximate surface area is 83.9 Å². The Morgan fingerprint density at radius 3 is 2.50 bits per heavy atom. The SMILES string of the molecule is CCCOC(=O)c1ccc(CN)cc1. The minimum Gasteiger partial charge on any atom is -0.462 e. The Balaban J connectivity index is 2.62. The lowest BCUT2D eigenvalue weighted by Gasteiger charge is -2.03. The highest BCUT2D eigenvalue weighted by Crippen LogP contribution is 2.05. The second-order valence-electron chi connectivity index (χ2n) is 3.04. The lowest BCUT2D eigenvalue weighted by molar-refractivity contribution is 0.0505. The zero-order chi connectivity index (χ0) is 10.4. The third-order valence-electron chi connectivity index (χ3n) is 1.86. The maximum absolute atomic E-state index is 11.3. The van der Waals surface area contributed by atoms with Crippen LogP contribution in [0.1, 0.15) is 29.3 Å². The molecule has 0 spiro atoms. The van der Waals surface area contributed by atoms with Gasteiger partial charge in [-0.2, -0.15) is 0 Å². The molecule has 3 nitrogen and oxygen atoms in total. The molecule has 1 aromatic rings. The van der Waals surface area contributed by atoms with Crippen LogP contribution in [0.2, 0.25) is 0 Å². The molecule has 1 rings (SSSR count). The standard InChI is InChI=1S/C11H15NO2/c1-2-7-14-11(13)10-5-3-9(8-12)4-6-10/h3-6H,2,7-8,12H2,1H3. The minimum atomic E-state index is -0.268. The maximum Gasteiger partial charge on any atom is 0.338 e. The largest absolute Gasteiger partial charge is 0.462 e. The topological polar surface area (TPSA) is 52.3 Å². The van der Waals surface area contributed by atoms with Crippen LogP contribution in [0.4, 0.5) is 0 Å². The van der Waals surface area contributed by atoms with Gasteiger partial charge in [-0.3, -0.25) is 0 Å². The van der Waals surface area contributed by atoms with Gasteiger partial charge in [-0.25, -0.2) is 4.79 Å². The summed E-state index contributed by atoms with van der Waals surface area (Å²) < 4.78 is 4.98. The molecule has 0 fully saturated rings. The zero-order valence-electron chi connectivity index (χ0n) is 8.32. The molecule has 0 aliphatic carbocycles. The first-order chi connectivity index (χ1) is 6.77. The van der Waals surface area contributed by atoms with Gasteiger partial charge in [0, 0.05) is 6.54 Å². The Morgan fingerprint density at radius 2 is 2.00 bits per heavy atom. The van der Waals surface area contributed by atoms with Gasteiger partial charge in [0.1, 0.15) is 0 Å². The number of nitrogens with two attached hydrogens (primary N) is 1. The van der Waals surface area contributed by atoms with Crippen molar-refractivity contribution in [1.29, 1.82) is 0 Å². The van der Waals surface area contributed by atoms with Crippen molar-refractivity contribution in [2.45, 2.75) is 19.9 Å².